The van der Waals surface area contributed by atoms with Crippen molar-refractivity contribution in [2.45, 2.75) is 19.4 Å². The van der Waals surface area contributed by atoms with Gasteiger partial charge in [-0.25, -0.2) is 0 Å². The number of hydrogen-bond donors (Lipinski definition) is 1. The summed E-state index contributed by atoms with van der Waals surface area (Å²) in [6, 6.07) is 15.4. The van der Waals surface area contributed by atoms with Crippen molar-refractivity contribution in [2.24, 2.45) is 5.73 Å². The van der Waals surface area contributed by atoms with Crippen LogP contribution in [-0.4, -0.2) is 0 Å². The Morgan fingerprint density at radius 2 is 1.95 bits per heavy atom. The molecule has 2 aromatic carbocycles. The number of nitrogens with two attached hydrogens (primary N) is 1. The van der Waals surface area contributed by atoms with E-state index in [0.717, 1.165) is 27.1 Å². The Hall–Kier alpha value is -1.83. The number of rotatable bonds is 4. The van der Waals surface area contributed by atoms with E-state index in [1.165, 1.54) is 0 Å². The molecule has 0 saturated carbocycles. The third kappa shape index (κ3) is 3.60. The van der Waals surface area contributed by atoms with Crippen LogP contribution in [0.4, 0.5) is 0 Å². The summed E-state index contributed by atoms with van der Waals surface area (Å²) in [7, 11) is 0. The first kappa shape index (κ1) is 14.6. The molecular formula is C16H15BrN2O. The molecule has 0 aliphatic carbocycles. The molecule has 0 fully saturated rings. The maximum atomic E-state index is 8.63. The van der Waals surface area contributed by atoms with Gasteiger partial charge in [0.1, 0.15) is 11.5 Å². The highest BCUT2D eigenvalue weighted by Gasteiger charge is 2.06. The summed E-state index contributed by atoms with van der Waals surface area (Å²) in [5.74, 6) is 1.48. The molecule has 3 nitrogen and oxygen atoms in total. The van der Waals surface area contributed by atoms with Gasteiger partial charge in [0.05, 0.1) is 17.0 Å². The molecule has 0 aliphatic heterocycles. The summed E-state index contributed by atoms with van der Waals surface area (Å²) < 4.78 is 6.68. The zero-order chi connectivity index (χ0) is 14.5. The molecule has 0 unspecified atom stereocenters. The Bertz CT molecular complexity index is 630. The molecule has 0 heterocycles. The van der Waals surface area contributed by atoms with E-state index in [1.54, 1.807) is 0 Å². The predicted molar refractivity (Wildman–Crippen MR) is 82.6 cm³/mol. The van der Waals surface area contributed by atoms with Crippen LogP contribution in [0.25, 0.3) is 0 Å². The van der Waals surface area contributed by atoms with Gasteiger partial charge in [0, 0.05) is 6.04 Å². The first-order valence-electron chi connectivity index (χ1n) is 6.29. The quantitative estimate of drug-likeness (QED) is 0.907. The van der Waals surface area contributed by atoms with E-state index in [0.29, 0.717) is 6.42 Å². The molecule has 0 radical (unpaired) electrons. The molecule has 2 aromatic rings. The van der Waals surface area contributed by atoms with Crippen molar-refractivity contribution >= 4 is 15.9 Å². The maximum absolute atomic E-state index is 8.63. The predicted octanol–water partition coefficient (Wildman–Crippen LogP) is 4.33. The topological polar surface area (TPSA) is 59.0 Å². The molecule has 0 aromatic heterocycles. The van der Waals surface area contributed by atoms with Crippen LogP contribution in [0, 0.1) is 11.3 Å². The number of benzene rings is 2. The number of ether oxygens (including phenoxy) is 1. The van der Waals surface area contributed by atoms with E-state index in [-0.39, 0.29) is 6.04 Å². The number of hydrogen-bond acceptors (Lipinski definition) is 3. The van der Waals surface area contributed by atoms with Gasteiger partial charge in [0.15, 0.2) is 0 Å². The fourth-order valence-corrected chi connectivity index (χ4v) is 2.25. The average Bonchev–Trinajstić information content (AvgIpc) is 2.43. The summed E-state index contributed by atoms with van der Waals surface area (Å²) >= 11 is 3.49. The summed E-state index contributed by atoms with van der Waals surface area (Å²) in [6.07, 6.45) is 0.410. The molecule has 0 saturated heterocycles. The summed E-state index contributed by atoms with van der Waals surface area (Å²) in [5, 5.41) is 8.63. The average molecular weight is 331 g/mol. The molecular weight excluding hydrogens is 316 g/mol. The van der Waals surface area contributed by atoms with Gasteiger partial charge < -0.3 is 10.5 Å². The minimum atomic E-state index is -0.00869. The van der Waals surface area contributed by atoms with Crippen LogP contribution in [0.15, 0.2) is 46.9 Å². The minimum Gasteiger partial charge on any atom is -0.456 e. The summed E-state index contributed by atoms with van der Waals surface area (Å²) in [4.78, 5) is 0. The first-order valence-corrected chi connectivity index (χ1v) is 7.08. The lowest BCUT2D eigenvalue weighted by Gasteiger charge is -2.11. The zero-order valence-corrected chi connectivity index (χ0v) is 12.7. The molecule has 0 amide bonds. The van der Waals surface area contributed by atoms with E-state index in [4.69, 9.17) is 15.7 Å². The fourth-order valence-electron chi connectivity index (χ4n) is 1.78. The lowest BCUT2D eigenvalue weighted by Crippen LogP contribution is -2.04. The molecule has 4 heteroatoms. The molecule has 2 N–H and O–H groups in total. The number of nitrogens with zero attached hydrogens (tertiary/aromatic N) is 1. The minimum absolute atomic E-state index is 0.00869. The number of halogens is 1. The fraction of sp³-hybridized carbons (Fsp3) is 0.188. The van der Waals surface area contributed by atoms with Gasteiger partial charge in [-0.2, -0.15) is 5.26 Å². The normalized spacial score (nSPS) is 11.7. The van der Waals surface area contributed by atoms with Crippen molar-refractivity contribution in [3.05, 3.63) is 58.1 Å². The van der Waals surface area contributed by atoms with E-state index < -0.39 is 0 Å². The van der Waals surface area contributed by atoms with Crippen LogP contribution in [0.3, 0.4) is 0 Å². The maximum Gasteiger partial charge on any atom is 0.141 e. The van der Waals surface area contributed by atoms with Crippen molar-refractivity contribution in [2.75, 3.05) is 0 Å². The third-order valence-corrected chi connectivity index (χ3v) is 3.54. The van der Waals surface area contributed by atoms with Gasteiger partial charge in [-0.15, -0.1) is 0 Å². The van der Waals surface area contributed by atoms with Crippen molar-refractivity contribution in [1.29, 1.82) is 5.26 Å². The second kappa shape index (κ2) is 6.56. The molecule has 1 atom stereocenters. The van der Waals surface area contributed by atoms with Crippen molar-refractivity contribution in [3.63, 3.8) is 0 Å². The van der Waals surface area contributed by atoms with Crippen LogP contribution in [0.5, 0.6) is 11.5 Å². The van der Waals surface area contributed by atoms with Crippen LogP contribution in [-0.2, 0) is 6.42 Å². The summed E-state index contributed by atoms with van der Waals surface area (Å²) in [6.45, 7) is 1.94. The molecule has 0 bridgehead atoms. The van der Waals surface area contributed by atoms with Crippen molar-refractivity contribution in [3.8, 4) is 17.6 Å². The molecule has 2 rings (SSSR count). The van der Waals surface area contributed by atoms with Crippen LogP contribution in [0.1, 0.15) is 24.1 Å². The second-order valence-electron chi connectivity index (χ2n) is 4.56. The van der Waals surface area contributed by atoms with E-state index in [2.05, 4.69) is 22.0 Å². The molecule has 102 valence electrons. The molecule has 0 aliphatic rings. The highest BCUT2D eigenvalue weighted by atomic mass is 79.9. The first-order chi connectivity index (χ1) is 9.60. The van der Waals surface area contributed by atoms with Gasteiger partial charge in [-0.05, 0) is 58.2 Å². The van der Waals surface area contributed by atoms with Crippen LogP contribution in [0.2, 0.25) is 0 Å². The zero-order valence-electron chi connectivity index (χ0n) is 11.1. The van der Waals surface area contributed by atoms with E-state index in [1.807, 2.05) is 49.4 Å². The second-order valence-corrected chi connectivity index (χ2v) is 5.41. The Labute approximate surface area is 127 Å². The standard InChI is InChI=1S/C16H15BrN2O/c1-11(19)13-4-7-16(15(17)10-13)20-14-5-2-12(3-6-14)8-9-18/h2-7,10-11H,8,19H2,1H3/t11-/m0/s1. The van der Waals surface area contributed by atoms with Crippen LogP contribution < -0.4 is 10.5 Å². The molecule has 0 spiro atoms. The summed E-state index contributed by atoms with van der Waals surface area (Å²) in [5.41, 5.74) is 7.87. The van der Waals surface area contributed by atoms with Crippen molar-refractivity contribution < 1.29 is 4.74 Å². The molecule has 20 heavy (non-hydrogen) atoms. The lowest BCUT2D eigenvalue weighted by molar-refractivity contribution is 0.479. The lowest BCUT2D eigenvalue weighted by atomic mass is 10.1. The van der Waals surface area contributed by atoms with Gasteiger partial charge in [-0.1, -0.05) is 18.2 Å². The monoisotopic (exact) mass is 330 g/mol. The number of nitriles is 1. The largest absolute Gasteiger partial charge is 0.456 e. The van der Waals surface area contributed by atoms with Gasteiger partial charge >= 0.3 is 0 Å². The highest BCUT2D eigenvalue weighted by Crippen LogP contribution is 2.31. The van der Waals surface area contributed by atoms with Gasteiger partial charge in [0.2, 0.25) is 0 Å². The smallest absolute Gasteiger partial charge is 0.141 e. The Morgan fingerprint density at radius 1 is 1.25 bits per heavy atom. The van der Waals surface area contributed by atoms with Gasteiger partial charge in [-0.3, -0.25) is 0 Å². The Kier molecular flexibility index (Phi) is 4.78. The highest BCUT2D eigenvalue weighted by molar-refractivity contribution is 9.10. The SMILES string of the molecule is C[C@H](N)c1ccc(Oc2ccc(CC#N)cc2)c(Br)c1. The third-order valence-electron chi connectivity index (χ3n) is 2.92. The van der Waals surface area contributed by atoms with E-state index >= 15 is 0 Å². The van der Waals surface area contributed by atoms with Crippen LogP contribution >= 0.6 is 15.9 Å². The Balaban J connectivity index is 2.15. The van der Waals surface area contributed by atoms with Gasteiger partial charge in [0.25, 0.3) is 0 Å². The Morgan fingerprint density at radius 3 is 2.50 bits per heavy atom. The van der Waals surface area contributed by atoms with E-state index in [9.17, 15) is 0 Å². The van der Waals surface area contributed by atoms with Crippen molar-refractivity contribution in [1.82, 2.24) is 0 Å².